The third kappa shape index (κ3) is 2.52. The number of carbonyl (C=O) groups is 2. The summed E-state index contributed by atoms with van der Waals surface area (Å²) in [7, 11) is 1.53. The molecule has 1 N–H and O–H groups in total. The van der Waals surface area contributed by atoms with Crippen molar-refractivity contribution in [1.29, 1.82) is 0 Å². The summed E-state index contributed by atoms with van der Waals surface area (Å²) in [6, 6.07) is 3.38. The first-order valence-electron chi connectivity index (χ1n) is 4.44. The van der Waals surface area contributed by atoms with Crippen LogP contribution in [-0.4, -0.2) is 29.0 Å². The Morgan fingerprint density at radius 1 is 1.53 bits per heavy atom. The number of hydrogen-bond donors (Lipinski definition) is 1. The molecule has 1 aromatic rings. The average molecular weight is 208 g/mol. The zero-order valence-corrected chi connectivity index (χ0v) is 8.54. The Hall–Kier alpha value is -1.91. The average Bonchev–Trinajstić information content (AvgIpc) is 2.27. The van der Waals surface area contributed by atoms with Gasteiger partial charge in [0.15, 0.2) is 0 Å². The highest BCUT2D eigenvalue weighted by Crippen LogP contribution is 2.12. The molecular weight excluding hydrogens is 196 g/mol. The molecule has 0 bridgehead atoms. The minimum Gasteiger partial charge on any atom is -0.481 e. The fourth-order valence-electron chi connectivity index (χ4n) is 1.08. The fourth-order valence-corrected chi connectivity index (χ4v) is 1.08. The first-order chi connectivity index (χ1) is 7.04. The van der Waals surface area contributed by atoms with Crippen molar-refractivity contribution in [3.05, 3.63) is 24.5 Å². The summed E-state index contributed by atoms with van der Waals surface area (Å²) in [5, 5.41) is 8.69. The van der Waals surface area contributed by atoms with Crippen molar-refractivity contribution >= 4 is 17.6 Å². The van der Waals surface area contributed by atoms with Crippen LogP contribution in [0.15, 0.2) is 24.5 Å². The van der Waals surface area contributed by atoms with Gasteiger partial charge in [-0.2, -0.15) is 0 Å². The predicted octanol–water partition coefficient (Wildman–Crippen LogP) is 0.765. The molecule has 80 valence electrons. The second-order valence-electron chi connectivity index (χ2n) is 3.17. The lowest BCUT2D eigenvalue weighted by molar-refractivity contribution is -0.145. The van der Waals surface area contributed by atoms with Gasteiger partial charge in [-0.05, 0) is 19.1 Å². The number of anilines is 1. The Morgan fingerprint density at radius 3 is 2.67 bits per heavy atom. The molecule has 0 spiro atoms. The summed E-state index contributed by atoms with van der Waals surface area (Å²) in [6.45, 7) is 1.36. The molecule has 0 radical (unpaired) electrons. The maximum absolute atomic E-state index is 11.6. The van der Waals surface area contributed by atoms with Gasteiger partial charge in [0.1, 0.15) is 5.92 Å². The number of aromatic nitrogens is 1. The number of pyridine rings is 1. The number of aliphatic carboxylic acids is 1. The molecule has 5 heteroatoms. The van der Waals surface area contributed by atoms with E-state index in [2.05, 4.69) is 4.98 Å². The fraction of sp³-hybridized carbons (Fsp3) is 0.300. The van der Waals surface area contributed by atoms with Gasteiger partial charge in [-0.15, -0.1) is 0 Å². The molecule has 15 heavy (non-hydrogen) atoms. The van der Waals surface area contributed by atoms with Crippen molar-refractivity contribution in [1.82, 2.24) is 4.98 Å². The number of carboxylic acid groups (broad SMARTS) is 1. The lowest BCUT2D eigenvalue weighted by Crippen LogP contribution is -2.35. The number of nitrogens with zero attached hydrogens (tertiary/aromatic N) is 2. The quantitative estimate of drug-likeness (QED) is 0.744. The van der Waals surface area contributed by atoms with E-state index in [-0.39, 0.29) is 0 Å². The Labute approximate surface area is 87.4 Å². The zero-order valence-electron chi connectivity index (χ0n) is 8.54. The standard InChI is InChI=1S/C10H12N2O3/c1-7(10(14)15)9(13)12(2)8-4-3-5-11-6-8/h3-7H,1-2H3,(H,14,15). The highest BCUT2D eigenvalue weighted by molar-refractivity contribution is 6.04. The van der Waals surface area contributed by atoms with Gasteiger partial charge in [0.2, 0.25) is 5.91 Å². The van der Waals surface area contributed by atoms with Gasteiger partial charge in [-0.1, -0.05) is 0 Å². The molecule has 1 unspecified atom stereocenters. The van der Waals surface area contributed by atoms with Crippen molar-refractivity contribution in [2.45, 2.75) is 6.92 Å². The third-order valence-electron chi connectivity index (χ3n) is 2.10. The second kappa shape index (κ2) is 4.54. The SMILES string of the molecule is CC(C(=O)O)C(=O)N(C)c1cccnc1. The molecule has 0 aliphatic heterocycles. The number of amides is 1. The number of hydrogen-bond acceptors (Lipinski definition) is 3. The van der Waals surface area contributed by atoms with E-state index in [1.54, 1.807) is 18.3 Å². The first kappa shape index (κ1) is 11.2. The van der Waals surface area contributed by atoms with Gasteiger partial charge < -0.3 is 10.0 Å². The smallest absolute Gasteiger partial charge is 0.315 e. The predicted molar refractivity (Wildman–Crippen MR) is 54.4 cm³/mol. The largest absolute Gasteiger partial charge is 0.481 e. The Morgan fingerprint density at radius 2 is 2.20 bits per heavy atom. The summed E-state index contributed by atoms with van der Waals surface area (Å²) in [4.78, 5) is 27.4. The normalized spacial score (nSPS) is 11.9. The molecule has 1 aromatic heterocycles. The minimum absolute atomic E-state index is 0.462. The summed E-state index contributed by atoms with van der Waals surface area (Å²) in [5.41, 5.74) is 0.579. The molecule has 1 atom stereocenters. The Balaban J connectivity index is 2.82. The van der Waals surface area contributed by atoms with Crippen LogP contribution in [-0.2, 0) is 9.59 Å². The van der Waals surface area contributed by atoms with E-state index in [1.807, 2.05) is 0 Å². The van der Waals surface area contributed by atoms with Gasteiger partial charge in [-0.3, -0.25) is 14.6 Å². The van der Waals surface area contributed by atoms with Crippen LogP contribution in [0.1, 0.15) is 6.92 Å². The third-order valence-corrected chi connectivity index (χ3v) is 2.10. The molecule has 0 aliphatic rings. The van der Waals surface area contributed by atoms with E-state index in [0.29, 0.717) is 5.69 Å². The van der Waals surface area contributed by atoms with Crippen LogP contribution in [0.3, 0.4) is 0 Å². The number of carbonyl (C=O) groups excluding carboxylic acids is 1. The van der Waals surface area contributed by atoms with E-state index in [0.717, 1.165) is 0 Å². The maximum atomic E-state index is 11.6. The van der Waals surface area contributed by atoms with Crippen LogP contribution in [0.5, 0.6) is 0 Å². The van der Waals surface area contributed by atoms with Crippen LogP contribution in [0.25, 0.3) is 0 Å². The van der Waals surface area contributed by atoms with Gasteiger partial charge in [-0.25, -0.2) is 0 Å². The van der Waals surface area contributed by atoms with E-state index in [1.165, 1.54) is 25.1 Å². The Bertz CT molecular complexity index is 364. The summed E-state index contributed by atoms with van der Waals surface area (Å²) in [5.74, 6) is -2.64. The summed E-state index contributed by atoms with van der Waals surface area (Å²) < 4.78 is 0. The highest BCUT2D eigenvalue weighted by atomic mass is 16.4. The minimum atomic E-state index is -1.13. The van der Waals surface area contributed by atoms with E-state index < -0.39 is 17.8 Å². The number of carboxylic acids is 1. The van der Waals surface area contributed by atoms with Crippen LogP contribution in [0.2, 0.25) is 0 Å². The summed E-state index contributed by atoms with van der Waals surface area (Å²) >= 11 is 0. The van der Waals surface area contributed by atoms with Gasteiger partial charge >= 0.3 is 5.97 Å². The molecule has 5 nitrogen and oxygen atoms in total. The van der Waals surface area contributed by atoms with Crippen LogP contribution in [0.4, 0.5) is 5.69 Å². The molecule has 1 rings (SSSR count). The van der Waals surface area contributed by atoms with Gasteiger partial charge in [0.25, 0.3) is 0 Å². The number of rotatable bonds is 3. The van der Waals surface area contributed by atoms with Crippen molar-refractivity contribution < 1.29 is 14.7 Å². The van der Waals surface area contributed by atoms with Crippen molar-refractivity contribution in [3.8, 4) is 0 Å². The second-order valence-corrected chi connectivity index (χ2v) is 3.17. The zero-order chi connectivity index (χ0) is 11.4. The van der Waals surface area contributed by atoms with E-state index in [4.69, 9.17) is 5.11 Å². The molecule has 0 saturated heterocycles. The maximum Gasteiger partial charge on any atom is 0.315 e. The molecule has 0 saturated carbocycles. The van der Waals surface area contributed by atoms with Crippen LogP contribution < -0.4 is 4.90 Å². The molecular formula is C10H12N2O3. The monoisotopic (exact) mass is 208 g/mol. The van der Waals surface area contributed by atoms with E-state index >= 15 is 0 Å². The van der Waals surface area contributed by atoms with Gasteiger partial charge in [0.05, 0.1) is 11.9 Å². The molecule has 0 aromatic carbocycles. The summed E-state index contributed by atoms with van der Waals surface area (Å²) in [6.07, 6.45) is 3.09. The van der Waals surface area contributed by atoms with Crippen molar-refractivity contribution in [3.63, 3.8) is 0 Å². The lowest BCUT2D eigenvalue weighted by Gasteiger charge is -2.18. The molecule has 0 aliphatic carbocycles. The molecule has 1 amide bonds. The van der Waals surface area contributed by atoms with Crippen LogP contribution in [0, 0.1) is 5.92 Å². The molecule has 0 fully saturated rings. The lowest BCUT2D eigenvalue weighted by atomic mass is 10.1. The topological polar surface area (TPSA) is 70.5 Å². The van der Waals surface area contributed by atoms with Crippen molar-refractivity contribution in [2.24, 2.45) is 5.92 Å². The first-order valence-corrected chi connectivity index (χ1v) is 4.44. The van der Waals surface area contributed by atoms with Gasteiger partial charge in [0, 0.05) is 13.2 Å². The van der Waals surface area contributed by atoms with Crippen LogP contribution >= 0.6 is 0 Å². The highest BCUT2D eigenvalue weighted by Gasteiger charge is 2.24. The molecule has 1 heterocycles. The Kier molecular flexibility index (Phi) is 3.38. The van der Waals surface area contributed by atoms with E-state index in [9.17, 15) is 9.59 Å². The van der Waals surface area contributed by atoms with Crippen molar-refractivity contribution in [2.75, 3.05) is 11.9 Å².